The number of carbonyl (C=O) groups is 2. The van der Waals surface area contributed by atoms with Crippen molar-refractivity contribution >= 4 is 29.3 Å². The molecule has 0 fully saturated rings. The Labute approximate surface area is 264 Å². The second kappa shape index (κ2) is 13.8. The third kappa shape index (κ3) is 6.88. The summed E-state index contributed by atoms with van der Waals surface area (Å²) in [7, 11) is 1.69. The van der Waals surface area contributed by atoms with Crippen LogP contribution >= 0.6 is 11.8 Å². The quantitative estimate of drug-likeness (QED) is 0.118. The molecule has 0 radical (unpaired) electrons. The van der Waals surface area contributed by atoms with Crippen LogP contribution in [0.15, 0.2) is 84.1 Å². The highest BCUT2D eigenvalue weighted by atomic mass is 32.2. The van der Waals surface area contributed by atoms with E-state index in [2.05, 4.69) is 15.3 Å². The van der Waals surface area contributed by atoms with Gasteiger partial charge in [-0.3, -0.25) is 9.59 Å². The van der Waals surface area contributed by atoms with E-state index in [0.29, 0.717) is 47.5 Å². The number of amides is 2. The SMILES string of the molecule is CCOc1ccccc1N(C)C(=O)c1cnc(SCCCCCC2(C(=O)NCC(F)(F)F)c3ccccc3-c3ccccc32)[nH]1. The number of rotatable bonds is 13. The Morgan fingerprint density at radius 2 is 1.60 bits per heavy atom. The van der Waals surface area contributed by atoms with E-state index < -0.39 is 24.0 Å². The van der Waals surface area contributed by atoms with E-state index in [0.717, 1.165) is 35.1 Å². The van der Waals surface area contributed by atoms with Gasteiger partial charge in [0.15, 0.2) is 5.16 Å². The number of ether oxygens (including phenoxy) is 1. The van der Waals surface area contributed by atoms with Crippen molar-refractivity contribution in [2.75, 3.05) is 30.9 Å². The summed E-state index contributed by atoms with van der Waals surface area (Å²) in [6.07, 6.45) is -0.429. The van der Waals surface area contributed by atoms with E-state index in [1.807, 2.05) is 79.7 Å². The number of unbranched alkanes of at least 4 members (excludes halogenated alkanes) is 2. The van der Waals surface area contributed by atoms with Crippen LogP contribution < -0.4 is 15.0 Å². The molecular formula is C34H35F3N4O3S. The first-order valence-corrected chi connectivity index (χ1v) is 15.9. The number of para-hydroxylation sites is 2. The second-order valence-electron chi connectivity index (χ2n) is 10.8. The topological polar surface area (TPSA) is 87.3 Å². The Hall–Kier alpha value is -4.25. The normalized spacial score (nSPS) is 13.2. The van der Waals surface area contributed by atoms with Gasteiger partial charge in [-0.1, -0.05) is 85.3 Å². The number of hydrogen-bond donors (Lipinski definition) is 2. The summed E-state index contributed by atoms with van der Waals surface area (Å²) in [6, 6.07) is 22.3. The molecule has 0 unspecified atom stereocenters. The lowest BCUT2D eigenvalue weighted by molar-refractivity contribution is -0.141. The van der Waals surface area contributed by atoms with Crippen LogP contribution in [0.25, 0.3) is 11.1 Å². The maximum atomic E-state index is 13.6. The number of H-pyrrole nitrogens is 1. The first-order valence-electron chi connectivity index (χ1n) is 14.9. The van der Waals surface area contributed by atoms with E-state index in [1.54, 1.807) is 7.05 Å². The van der Waals surface area contributed by atoms with Gasteiger partial charge in [-0.25, -0.2) is 4.98 Å². The number of alkyl halides is 3. The van der Waals surface area contributed by atoms with Gasteiger partial charge >= 0.3 is 6.18 Å². The molecule has 5 rings (SSSR count). The molecule has 45 heavy (non-hydrogen) atoms. The molecule has 0 saturated carbocycles. The Morgan fingerprint density at radius 1 is 0.956 bits per heavy atom. The number of aromatic amines is 1. The summed E-state index contributed by atoms with van der Waals surface area (Å²) in [4.78, 5) is 35.7. The van der Waals surface area contributed by atoms with Gasteiger partial charge in [0.2, 0.25) is 5.91 Å². The summed E-state index contributed by atoms with van der Waals surface area (Å²) >= 11 is 1.49. The molecule has 0 spiro atoms. The molecule has 236 valence electrons. The molecule has 0 bridgehead atoms. The number of fused-ring (bicyclic) bond motifs is 3. The van der Waals surface area contributed by atoms with Crippen LogP contribution in [-0.2, 0) is 10.2 Å². The third-order valence-electron chi connectivity index (χ3n) is 7.95. The van der Waals surface area contributed by atoms with Crippen molar-refractivity contribution in [3.63, 3.8) is 0 Å². The fourth-order valence-electron chi connectivity index (χ4n) is 5.91. The summed E-state index contributed by atoms with van der Waals surface area (Å²) in [5, 5.41) is 2.80. The lowest BCUT2D eigenvalue weighted by Gasteiger charge is -2.31. The van der Waals surface area contributed by atoms with Gasteiger partial charge in [-0.15, -0.1) is 0 Å². The van der Waals surface area contributed by atoms with Crippen molar-refractivity contribution in [1.82, 2.24) is 15.3 Å². The number of hydrogen-bond acceptors (Lipinski definition) is 5. The molecular weight excluding hydrogens is 601 g/mol. The van der Waals surface area contributed by atoms with Crippen LogP contribution in [0.4, 0.5) is 18.9 Å². The number of nitrogens with one attached hydrogen (secondary N) is 2. The number of aromatic nitrogens is 2. The molecule has 3 aromatic carbocycles. The number of nitrogens with zero attached hydrogens (tertiary/aromatic N) is 2. The third-order valence-corrected chi connectivity index (χ3v) is 8.92. The number of carbonyl (C=O) groups excluding carboxylic acids is 2. The van der Waals surface area contributed by atoms with Gasteiger partial charge < -0.3 is 19.9 Å². The minimum absolute atomic E-state index is 0.243. The highest BCUT2D eigenvalue weighted by Gasteiger charge is 2.49. The van der Waals surface area contributed by atoms with Gasteiger partial charge in [0, 0.05) is 12.8 Å². The maximum Gasteiger partial charge on any atom is 0.405 e. The standard InChI is InChI=1S/C34H35F3N4O3S/c1-3-44-29-18-10-9-17-28(29)41(2)30(42)27-21-38-32(40-27)45-20-12-4-11-19-33(31(43)39-22-34(35,36)37)25-15-7-5-13-23(25)24-14-6-8-16-26(24)33/h5-10,13-18,21H,3-4,11-12,19-20,22H2,1-2H3,(H,38,40)(H,39,43). The summed E-state index contributed by atoms with van der Waals surface area (Å²) in [5.74, 6) is 0.458. The van der Waals surface area contributed by atoms with Gasteiger partial charge in [-0.2, -0.15) is 13.2 Å². The van der Waals surface area contributed by atoms with Crippen molar-refractivity contribution in [1.29, 1.82) is 0 Å². The zero-order valence-corrected chi connectivity index (χ0v) is 25.9. The predicted molar refractivity (Wildman–Crippen MR) is 170 cm³/mol. The maximum absolute atomic E-state index is 13.6. The Morgan fingerprint density at radius 3 is 2.27 bits per heavy atom. The molecule has 4 aromatic rings. The molecule has 0 atom stereocenters. The molecule has 0 saturated heterocycles. The largest absolute Gasteiger partial charge is 0.492 e. The molecule has 1 aromatic heterocycles. The molecule has 1 aliphatic carbocycles. The van der Waals surface area contributed by atoms with Crippen molar-refractivity contribution < 1.29 is 27.5 Å². The van der Waals surface area contributed by atoms with Crippen LogP contribution in [0.1, 0.15) is 54.2 Å². The smallest absolute Gasteiger partial charge is 0.405 e. The van der Waals surface area contributed by atoms with Crippen LogP contribution in [0, 0.1) is 0 Å². The van der Waals surface area contributed by atoms with E-state index >= 15 is 0 Å². The monoisotopic (exact) mass is 636 g/mol. The first-order chi connectivity index (χ1) is 21.7. The minimum Gasteiger partial charge on any atom is -0.492 e. The average molecular weight is 637 g/mol. The predicted octanol–water partition coefficient (Wildman–Crippen LogP) is 7.38. The summed E-state index contributed by atoms with van der Waals surface area (Å²) < 4.78 is 45.0. The Balaban J connectivity index is 1.20. The van der Waals surface area contributed by atoms with Crippen molar-refractivity contribution in [3.05, 3.63) is 95.8 Å². The molecule has 11 heteroatoms. The molecule has 1 heterocycles. The fourth-order valence-corrected chi connectivity index (χ4v) is 6.76. The number of benzene rings is 3. The fraction of sp³-hybridized carbons (Fsp3) is 0.324. The molecule has 7 nitrogen and oxygen atoms in total. The van der Waals surface area contributed by atoms with E-state index in [1.165, 1.54) is 22.9 Å². The Bertz CT molecular complexity index is 1610. The molecule has 2 amide bonds. The molecule has 1 aliphatic rings. The number of halogens is 3. The van der Waals surface area contributed by atoms with Gasteiger partial charge in [0.1, 0.15) is 23.4 Å². The average Bonchev–Trinajstić information content (AvgIpc) is 3.63. The minimum atomic E-state index is -4.51. The zero-order valence-electron chi connectivity index (χ0n) is 25.1. The van der Waals surface area contributed by atoms with Crippen LogP contribution in [0.5, 0.6) is 5.75 Å². The van der Waals surface area contributed by atoms with Crippen LogP contribution in [0.3, 0.4) is 0 Å². The van der Waals surface area contributed by atoms with Crippen LogP contribution in [-0.4, -0.2) is 53.9 Å². The van der Waals surface area contributed by atoms with Gasteiger partial charge in [-0.05, 0) is 54.2 Å². The highest BCUT2D eigenvalue weighted by molar-refractivity contribution is 7.99. The number of anilines is 1. The Kier molecular flexibility index (Phi) is 9.86. The van der Waals surface area contributed by atoms with Crippen LogP contribution in [0.2, 0.25) is 0 Å². The molecule has 0 aliphatic heterocycles. The lowest BCUT2D eigenvalue weighted by atomic mass is 9.73. The van der Waals surface area contributed by atoms with Gasteiger partial charge in [0.05, 0.1) is 18.5 Å². The first kappa shape index (κ1) is 32.2. The highest BCUT2D eigenvalue weighted by Crippen LogP contribution is 2.51. The summed E-state index contributed by atoms with van der Waals surface area (Å²) in [5.41, 5.74) is 3.04. The van der Waals surface area contributed by atoms with Crippen molar-refractivity contribution in [3.8, 4) is 16.9 Å². The number of imidazole rings is 1. The lowest BCUT2D eigenvalue weighted by Crippen LogP contribution is -2.47. The van der Waals surface area contributed by atoms with Crippen molar-refractivity contribution in [2.45, 2.75) is 49.4 Å². The van der Waals surface area contributed by atoms with Gasteiger partial charge in [0.25, 0.3) is 5.91 Å². The van der Waals surface area contributed by atoms with E-state index in [9.17, 15) is 22.8 Å². The zero-order chi connectivity index (χ0) is 32.0. The summed E-state index contributed by atoms with van der Waals surface area (Å²) in [6.45, 7) is 0.991. The second-order valence-corrected chi connectivity index (χ2v) is 11.9. The molecule has 2 N–H and O–H groups in total. The van der Waals surface area contributed by atoms with Crippen molar-refractivity contribution in [2.24, 2.45) is 0 Å². The van der Waals surface area contributed by atoms with E-state index in [4.69, 9.17) is 4.74 Å². The van der Waals surface area contributed by atoms with E-state index in [-0.39, 0.29) is 5.91 Å². The number of thioether (sulfide) groups is 1.